The summed E-state index contributed by atoms with van der Waals surface area (Å²) in [7, 11) is 0. The molecule has 0 unspecified atom stereocenters. The van der Waals surface area contributed by atoms with Crippen LogP contribution in [-0.2, 0) is 0 Å². The summed E-state index contributed by atoms with van der Waals surface area (Å²) in [6, 6.07) is 0. The van der Waals surface area contributed by atoms with Gasteiger partial charge in [0.2, 0.25) is 0 Å². The summed E-state index contributed by atoms with van der Waals surface area (Å²) in [5.74, 6) is 0. The van der Waals surface area contributed by atoms with Crippen molar-refractivity contribution in [1.82, 2.24) is 0 Å². The Morgan fingerprint density at radius 3 is 2.00 bits per heavy atom. The van der Waals surface area contributed by atoms with Gasteiger partial charge in [-0.25, -0.2) is 0 Å². The molecule has 1 N–H and O–H groups in total. The molecule has 0 aromatic rings. The summed E-state index contributed by atoms with van der Waals surface area (Å²) in [5, 5.41) is 8.51. The predicted octanol–water partition coefficient (Wildman–Crippen LogP) is 2.49. The van der Waals surface area contributed by atoms with E-state index in [0.717, 1.165) is 6.42 Å². The number of aliphatic hydroxyl groups is 1. The number of hydrogen-bond acceptors (Lipinski definition) is 1. The number of rotatable bonds is 5. The first-order valence-electron chi connectivity index (χ1n) is 4.17. The molecule has 0 saturated heterocycles. The van der Waals surface area contributed by atoms with Crippen molar-refractivity contribution in [3.63, 3.8) is 0 Å². The average Bonchev–Trinajstić information content (AvgIpc) is 1.78. The van der Waals surface area contributed by atoms with E-state index in [-0.39, 0.29) is 0 Å². The van der Waals surface area contributed by atoms with E-state index < -0.39 is 18.4 Å². The molecule has 0 amide bonds. The summed E-state index contributed by atoms with van der Waals surface area (Å²) < 4.78 is 1.48. The molecule has 1 nitrogen and oxygen atoms in total. The Hall–Kier alpha value is 0.759. The average molecular weight is 251 g/mol. The topological polar surface area (TPSA) is 20.2 Å². The van der Waals surface area contributed by atoms with Crippen LogP contribution in [0.2, 0.25) is 19.3 Å². The van der Waals surface area contributed by atoms with Gasteiger partial charge in [0.05, 0.1) is 0 Å². The van der Waals surface area contributed by atoms with Gasteiger partial charge < -0.3 is 0 Å². The Kier molecular flexibility index (Phi) is 5.83. The summed E-state index contributed by atoms with van der Waals surface area (Å²) in [6.07, 6.45) is 3.58. The van der Waals surface area contributed by atoms with Gasteiger partial charge in [-0.1, -0.05) is 0 Å². The Bertz CT molecular complexity index is 75.8. The molecule has 2 heteroatoms. The van der Waals surface area contributed by atoms with E-state index in [2.05, 4.69) is 14.8 Å². The van der Waals surface area contributed by atoms with E-state index in [4.69, 9.17) is 5.11 Å². The van der Waals surface area contributed by atoms with Gasteiger partial charge in [0.25, 0.3) is 0 Å². The van der Waals surface area contributed by atoms with Crippen molar-refractivity contribution in [3.05, 3.63) is 0 Å². The van der Waals surface area contributed by atoms with E-state index in [1.807, 2.05) is 0 Å². The zero-order valence-electron chi connectivity index (χ0n) is 7.48. The molecule has 0 atom stereocenters. The molecule has 0 aliphatic rings. The number of aliphatic hydroxyl groups excluding tert-OH is 1. The Morgan fingerprint density at radius 1 is 1.00 bits per heavy atom. The van der Waals surface area contributed by atoms with Gasteiger partial charge in [-0.2, -0.15) is 0 Å². The SMILES string of the molecule is [CH3][Sn]([CH3])([CH3])[CH2]CCCCO. The molecule has 0 rings (SSSR count). The van der Waals surface area contributed by atoms with E-state index >= 15 is 0 Å². The second-order valence-electron chi connectivity index (χ2n) is 4.09. The first kappa shape index (κ1) is 10.8. The summed E-state index contributed by atoms with van der Waals surface area (Å²) in [4.78, 5) is 7.40. The van der Waals surface area contributed by atoms with Crippen molar-refractivity contribution < 1.29 is 5.11 Å². The van der Waals surface area contributed by atoms with Gasteiger partial charge in [0, 0.05) is 0 Å². The monoisotopic (exact) mass is 252 g/mol. The summed E-state index contributed by atoms with van der Waals surface area (Å²) >= 11 is -1.43. The third kappa shape index (κ3) is 8.76. The minimum absolute atomic E-state index is 0.375. The third-order valence-corrected chi connectivity index (χ3v) is 6.88. The molecule has 0 bridgehead atoms. The Labute approximate surface area is 68.7 Å². The van der Waals surface area contributed by atoms with Crippen molar-refractivity contribution >= 4 is 18.4 Å². The van der Waals surface area contributed by atoms with E-state index in [0.29, 0.717) is 6.61 Å². The van der Waals surface area contributed by atoms with Gasteiger partial charge in [-0.05, 0) is 0 Å². The van der Waals surface area contributed by atoms with Crippen LogP contribution in [-0.4, -0.2) is 30.1 Å². The second kappa shape index (κ2) is 5.41. The maximum atomic E-state index is 8.51. The maximum absolute atomic E-state index is 8.51. The van der Waals surface area contributed by atoms with Crippen molar-refractivity contribution in [1.29, 1.82) is 0 Å². The van der Waals surface area contributed by atoms with Crippen LogP contribution in [0.15, 0.2) is 0 Å². The predicted molar refractivity (Wildman–Crippen MR) is 49.1 cm³/mol. The molecule has 62 valence electrons. The first-order valence-corrected chi connectivity index (χ1v) is 14.8. The molecule has 0 aromatic carbocycles. The molecule has 0 aromatic heterocycles. The van der Waals surface area contributed by atoms with Crippen LogP contribution in [0.3, 0.4) is 0 Å². The number of unbranched alkanes of at least 4 members (excludes halogenated alkanes) is 2. The van der Waals surface area contributed by atoms with E-state index in [9.17, 15) is 0 Å². The molecule has 0 aliphatic heterocycles. The van der Waals surface area contributed by atoms with Crippen molar-refractivity contribution in [3.8, 4) is 0 Å². The van der Waals surface area contributed by atoms with Gasteiger partial charge in [0.15, 0.2) is 0 Å². The fraction of sp³-hybridized carbons (Fsp3) is 1.00. The van der Waals surface area contributed by atoms with Gasteiger partial charge in [0.1, 0.15) is 0 Å². The van der Waals surface area contributed by atoms with Crippen LogP contribution in [0.25, 0.3) is 0 Å². The van der Waals surface area contributed by atoms with Crippen LogP contribution in [0.1, 0.15) is 19.3 Å². The number of hydrogen-bond donors (Lipinski definition) is 1. The second-order valence-corrected chi connectivity index (χ2v) is 20.1. The third-order valence-electron chi connectivity index (χ3n) is 1.58. The van der Waals surface area contributed by atoms with Crippen molar-refractivity contribution in [2.75, 3.05) is 6.61 Å². The van der Waals surface area contributed by atoms with Crippen LogP contribution >= 0.6 is 0 Å². The zero-order valence-corrected chi connectivity index (χ0v) is 10.3. The minimum atomic E-state index is -1.43. The molecule has 0 heterocycles. The molecule has 0 aliphatic carbocycles. The Morgan fingerprint density at radius 2 is 1.60 bits per heavy atom. The normalized spacial score (nSPS) is 12.0. The van der Waals surface area contributed by atoms with Crippen LogP contribution in [0, 0.1) is 0 Å². The first-order chi connectivity index (χ1) is 4.56. The molecular formula is C8H20OSn. The van der Waals surface area contributed by atoms with Gasteiger partial charge in [-0.3, -0.25) is 0 Å². The van der Waals surface area contributed by atoms with Gasteiger partial charge >= 0.3 is 68.6 Å². The quantitative estimate of drug-likeness (QED) is 0.587. The Balaban J connectivity index is 3.04. The van der Waals surface area contributed by atoms with Crippen LogP contribution in [0.5, 0.6) is 0 Å². The fourth-order valence-corrected chi connectivity index (χ4v) is 4.68. The molecule has 0 saturated carbocycles. The van der Waals surface area contributed by atoms with Crippen molar-refractivity contribution in [2.45, 2.75) is 38.5 Å². The van der Waals surface area contributed by atoms with Crippen LogP contribution < -0.4 is 0 Å². The summed E-state index contributed by atoms with van der Waals surface area (Å²) in [6.45, 7) is 0.375. The molecule has 0 spiro atoms. The fourth-order valence-electron chi connectivity index (χ4n) is 0.944. The molecular weight excluding hydrogens is 231 g/mol. The van der Waals surface area contributed by atoms with Gasteiger partial charge in [-0.15, -0.1) is 0 Å². The zero-order chi connectivity index (χ0) is 8.04. The van der Waals surface area contributed by atoms with E-state index in [1.54, 1.807) is 0 Å². The molecule has 10 heavy (non-hydrogen) atoms. The van der Waals surface area contributed by atoms with Crippen molar-refractivity contribution in [2.24, 2.45) is 0 Å². The summed E-state index contributed by atoms with van der Waals surface area (Å²) in [5.41, 5.74) is 0. The standard InChI is InChI=1S/C5H11O.3CH3.Sn/c1-2-3-4-5-6;;;;/h6H,1-5H2;3*1H3;. The van der Waals surface area contributed by atoms with Crippen LogP contribution in [0.4, 0.5) is 0 Å². The molecule has 0 fully saturated rings. The molecule has 0 radical (unpaired) electrons. The van der Waals surface area contributed by atoms with E-state index in [1.165, 1.54) is 17.3 Å².